The maximum Gasteiger partial charge on any atom is 0.186 e. The third-order valence-electron chi connectivity index (χ3n) is 4.63. The van der Waals surface area contributed by atoms with Crippen molar-refractivity contribution in [2.24, 2.45) is 0 Å². The topological polar surface area (TPSA) is 98.5 Å². The van der Waals surface area contributed by atoms with Crippen LogP contribution in [0.4, 0.5) is 9.52 Å². The average Bonchev–Trinajstić information content (AvgIpc) is 3.16. The highest BCUT2D eigenvalue weighted by Gasteiger charge is 2.13. The van der Waals surface area contributed by atoms with Crippen LogP contribution >= 0.6 is 11.3 Å². The summed E-state index contributed by atoms with van der Waals surface area (Å²) >= 11 is 1.45. The van der Waals surface area contributed by atoms with E-state index in [0.717, 1.165) is 10.2 Å². The Hall–Kier alpha value is -2.91. The van der Waals surface area contributed by atoms with E-state index >= 15 is 0 Å². The molecule has 0 amide bonds. The standard InChI is InChI=1S/C22H20FN3O3S/c23-17-10-13(9-16(28)12-27)11-24-20(17)14-5-7-15(8-6-14)21(29)26-22-25-18-3-1-2-4-19(18)30-22/h1-8,10-11,16,21,27-29H,9,12H2,(H,25,26)/t16-,21?/m1/s1. The molecule has 0 radical (unpaired) electrons. The van der Waals surface area contributed by atoms with E-state index in [-0.39, 0.29) is 12.1 Å². The van der Waals surface area contributed by atoms with Crippen LogP contribution in [0, 0.1) is 5.82 Å². The minimum atomic E-state index is -0.959. The zero-order chi connectivity index (χ0) is 21.1. The van der Waals surface area contributed by atoms with Gasteiger partial charge in [-0.05, 0) is 23.8 Å². The molecule has 2 aromatic carbocycles. The fourth-order valence-corrected chi connectivity index (χ4v) is 3.98. The summed E-state index contributed by atoms with van der Waals surface area (Å²) < 4.78 is 15.5. The van der Waals surface area contributed by atoms with Gasteiger partial charge in [-0.2, -0.15) is 0 Å². The Balaban J connectivity index is 1.48. The van der Waals surface area contributed by atoms with Crippen LogP contribution in [0.3, 0.4) is 0 Å². The molecule has 4 rings (SSSR count). The molecule has 8 heteroatoms. The number of nitrogens with one attached hydrogen (secondary N) is 1. The van der Waals surface area contributed by atoms with Crippen LogP contribution in [0.25, 0.3) is 21.5 Å². The molecule has 4 N–H and O–H groups in total. The second kappa shape index (κ2) is 8.85. The molecule has 0 saturated heterocycles. The van der Waals surface area contributed by atoms with Crippen molar-refractivity contribution in [2.75, 3.05) is 11.9 Å². The zero-order valence-corrected chi connectivity index (χ0v) is 16.7. The maximum absolute atomic E-state index is 14.5. The predicted octanol–water partition coefficient (Wildman–Crippen LogP) is 3.50. The Bertz CT molecular complexity index is 1120. The second-order valence-corrected chi connectivity index (χ2v) is 7.90. The lowest BCUT2D eigenvalue weighted by Gasteiger charge is -2.13. The Morgan fingerprint density at radius 3 is 2.53 bits per heavy atom. The fourth-order valence-electron chi connectivity index (χ4n) is 3.10. The molecule has 6 nitrogen and oxygen atoms in total. The minimum Gasteiger partial charge on any atom is -0.394 e. The zero-order valence-electron chi connectivity index (χ0n) is 15.9. The molecule has 1 unspecified atom stereocenters. The summed E-state index contributed by atoms with van der Waals surface area (Å²) in [5.41, 5.74) is 2.73. The van der Waals surface area contributed by atoms with Crippen LogP contribution in [-0.4, -0.2) is 38.0 Å². The van der Waals surface area contributed by atoms with E-state index in [2.05, 4.69) is 15.3 Å². The smallest absolute Gasteiger partial charge is 0.186 e. The van der Waals surface area contributed by atoms with Crippen molar-refractivity contribution in [1.82, 2.24) is 9.97 Å². The second-order valence-electron chi connectivity index (χ2n) is 6.87. The maximum atomic E-state index is 14.5. The number of aromatic nitrogens is 2. The van der Waals surface area contributed by atoms with Gasteiger partial charge in [0.05, 0.1) is 22.9 Å². The van der Waals surface area contributed by atoms with Gasteiger partial charge in [-0.15, -0.1) is 0 Å². The van der Waals surface area contributed by atoms with E-state index < -0.39 is 24.8 Å². The van der Waals surface area contributed by atoms with Gasteiger partial charge in [-0.25, -0.2) is 9.37 Å². The fraction of sp³-hybridized carbons (Fsp3) is 0.182. The lowest BCUT2D eigenvalue weighted by atomic mass is 10.0. The Morgan fingerprint density at radius 2 is 1.83 bits per heavy atom. The Morgan fingerprint density at radius 1 is 1.07 bits per heavy atom. The van der Waals surface area contributed by atoms with E-state index in [1.165, 1.54) is 23.6 Å². The number of rotatable bonds is 7. The molecule has 4 aromatic rings. The van der Waals surface area contributed by atoms with Crippen molar-refractivity contribution >= 4 is 26.7 Å². The number of fused-ring (bicyclic) bond motifs is 1. The van der Waals surface area contributed by atoms with Gasteiger partial charge >= 0.3 is 0 Å². The number of halogens is 1. The van der Waals surface area contributed by atoms with Crippen LogP contribution in [0.15, 0.2) is 60.8 Å². The van der Waals surface area contributed by atoms with E-state index in [9.17, 15) is 14.6 Å². The first kappa shape index (κ1) is 20.4. The van der Waals surface area contributed by atoms with E-state index in [0.29, 0.717) is 21.8 Å². The summed E-state index contributed by atoms with van der Waals surface area (Å²) in [6.07, 6.45) is -0.293. The van der Waals surface area contributed by atoms with Gasteiger partial charge in [-0.3, -0.25) is 4.98 Å². The minimum absolute atomic E-state index is 0.128. The van der Waals surface area contributed by atoms with Crippen molar-refractivity contribution in [3.63, 3.8) is 0 Å². The summed E-state index contributed by atoms with van der Waals surface area (Å²) in [6.45, 7) is -0.391. The molecule has 0 aliphatic heterocycles. The van der Waals surface area contributed by atoms with E-state index in [4.69, 9.17) is 5.11 Å². The lowest BCUT2D eigenvalue weighted by Crippen LogP contribution is -2.15. The highest BCUT2D eigenvalue weighted by Crippen LogP contribution is 2.29. The van der Waals surface area contributed by atoms with Crippen molar-refractivity contribution in [3.8, 4) is 11.3 Å². The van der Waals surface area contributed by atoms with Crippen LogP contribution < -0.4 is 5.32 Å². The molecule has 2 aromatic heterocycles. The normalized spacial score (nSPS) is 13.3. The first-order valence-electron chi connectivity index (χ1n) is 9.37. The van der Waals surface area contributed by atoms with Crippen molar-refractivity contribution in [1.29, 1.82) is 0 Å². The lowest BCUT2D eigenvalue weighted by molar-refractivity contribution is 0.0954. The SMILES string of the molecule is OC[C@H](O)Cc1cnc(-c2ccc(C(O)Nc3nc4ccccc4s3)cc2)c(F)c1. The number of aliphatic hydroxyl groups excluding tert-OH is 3. The molecule has 154 valence electrons. The third-order valence-corrected chi connectivity index (χ3v) is 5.60. The molecular formula is C22H20FN3O3S. The molecule has 0 bridgehead atoms. The number of hydrogen-bond acceptors (Lipinski definition) is 7. The number of benzene rings is 2. The van der Waals surface area contributed by atoms with Gasteiger partial charge < -0.3 is 20.6 Å². The summed E-state index contributed by atoms with van der Waals surface area (Å²) in [4.78, 5) is 8.59. The van der Waals surface area contributed by atoms with Gasteiger partial charge in [-0.1, -0.05) is 47.7 Å². The number of aliphatic hydroxyl groups is 3. The molecule has 30 heavy (non-hydrogen) atoms. The molecule has 0 spiro atoms. The molecular weight excluding hydrogens is 405 g/mol. The van der Waals surface area contributed by atoms with Crippen LogP contribution in [-0.2, 0) is 6.42 Å². The quantitative estimate of drug-likeness (QED) is 0.338. The molecule has 0 fully saturated rings. The first-order chi connectivity index (χ1) is 14.5. The summed E-state index contributed by atoms with van der Waals surface area (Å²) in [5.74, 6) is -0.515. The third kappa shape index (κ3) is 4.47. The van der Waals surface area contributed by atoms with E-state index in [1.807, 2.05) is 24.3 Å². The Labute approximate surface area is 176 Å². The van der Waals surface area contributed by atoms with Crippen LogP contribution in [0.1, 0.15) is 17.4 Å². The van der Waals surface area contributed by atoms with Crippen molar-refractivity contribution in [3.05, 3.63) is 77.7 Å². The summed E-state index contributed by atoms with van der Waals surface area (Å²) in [5, 5.41) is 32.5. The summed E-state index contributed by atoms with van der Waals surface area (Å²) in [6, 6.07) is 15.8. The van der Waals surface area contributed by atoms with Crippen LogP contribution in [0.2, 0.25) is 0 Å². The highest BCUT2D eigenvalue weighted by atomic mass is 32.1. The molecule has 2 heterocycles. The van der Waals surface area contributed by atoms with Gasteiger partial charge in [0.25, 0.3) is 0 Å². The van der Waals surface area contributed by atoms with Gasteiger partial charge in [0, 0.05) is 23.7 Å². The van der Waals surface area contributed by atoms with Gasteiger partial charge in [0.2, 0.25) is 0 Å². The average molecular weight is 425 g/mol. The number of pyridine rings is 1. The summed E-state index contributed by atoms with van der Waals surface area (Å²) in [7, 11) is 0. The van der Waals surface area contributed by atoms with Gasteiger partial charge in [0.15, 0.2) is 11.4 Å². The van der Waals surface area contributed by atoms with Crippen LogP contribution in [0.5, 0.6) is 0 Å². The molecule has 0 saturated carbocycles. The van der Waals surface area contributed by atoms with E-state index in [1.54, 1.807) is 24.3 Å². The highest BCUT2D eigenvalue weighted by molar-refractivity contribution is 7.22. The van der Waals surface area contributed by atoms with Crippen molar-refractivity contribution in [2.45, 2.75) is 18.8 Å². The first-order valence-corrected chi connectivity index (χ1v) is 10.2. The Kier molecular flexibility index (Phi) is 6.01. The molecule has 2 atom stereocenters. The number of para-hydroxylation sites is 1. The monoisotopic (exact) mass is 425 g/mol. The number of anilines is 1. The largest absolute Gasteiger partial charge is 0.394 e. The number of thiazole rings is 1. The molecule has 0 aliphatic rings. The predicted molar refractivity (Wildman–Crippen MR) is 115 cm³/mol. The molecule has 0 aliphatic carbocycles. The number of hydrogen-bond donors (Lipinski definition) is 4. The number of nitrogens with zero attached hydrogens (tertiary/aromatic N) is 2. The van der Waals surface area contributed by atoms with Gasteiger partial charge in [0.1, 0.15) is 11.5 Å². The van der Waals surface area contributed by atoms with Crippen molar-refractivity contribution < 1.29 is 19.7 Å².